The van der Waals surface area contributed by atoms with Gasteiger partial charge in [-0.1, -0.05) is 17.7 Å². The Morgan fingerprint density at radius 3 is 2.55 bits per heavy atom. The van der Waals surface area contributed by atoms with Crippen molar-refractivity contribution in [1.29, 1.82) is 0 Å². The van der Waals surface area contributed by atoms with Crippen molar-refractivity contribution >= 4 is 23.5 Å². The first-order valence-electron chi connectivity index (χ1n) is 9.45. The summed E-state index contributed by atoms with van der Waals surface area (Å²) in [5.74, 6) is 1.32. The third-order valence-corrected chi connectivity index (χ3v) is 5.11. The number of rotatable bonds is 8. The molecule has 162 valence electrons. The van der Waals surface area contributed by atoms with Crippen molar-refractivity contribution in [1.82, 2.24) is 9.99 Å². The molecule has 0 aliphatic rings. The molecular weight excluding hydrogens is 420 g/mol. The number of halogens is 1. The Labute approximate surface area is 185 Å². The lowest BCUT2D eigenvalue weighted by atomic mass is 10.2. The zero-order valence-electron chi connectivity index (χ0n) is 17.7. The second-order valence-corrected chi connectivity index (χ2v) is 7.27. The molecule has 0 saturated carbocycles. The van der Waals surface area contributed by atoms with Crippen LogP contribution in [0.15, 0.2) is 47.6 Å². The minimum absolute atomic E-state index is 0.0515. The number of nitro benzene ring substituents is 1. The number of hydrazone groups is 1. The maximum atomic E-state index is 11.5. The first-order valence-corrected chi connectivity index (χ1v) is 9.83. The molecule has 0 aliphatic heterocycles. The Morgan fingerprint density at radius 1 is 1.13 bits per heavy atom. The molecule has 0 unspecified atom stereocenters. The van der Waals surface area contributed by atoms with Crippen molar-refractivity contribution in [3.05, 3.63) is 80.1 Å². The molecule has 0 radical (unpaired) electrons. The van der Waals surface area contributed by atoms with Gasteiger partial charge in [0, 0.05) is 28.0 Å². The molecule has 31 heavy (non-hydrogen) atoms. The molecule has 0 aliphatic carbocycles. The van der Waals surface area contributed by atoms with Crippen LogP contribution in [0.2, 0.25) is 5.02 Å². The van der Waals surface area contributed by atoms with E-state index in [-0.39, 0.29) is 5.69 Å². The van der Waals surface area contributed by atoms with Gasteiger partial charge in [0.05, 0.1) is 31.9 Å². The van der Waals surface area contributed by atoms with Crippen LogP contribution in [0.1, 0.15) is 22.5 Å². The van der Waals surface area contributed by atoms with Gasteiger partial charge in [0.25, 0.3) is 5.69 Å². The summed E-state index contributed by atoms with van der Waals surface area (Å²) < 4.78 is 12.4. The number of nitrogens with one attached hydrogen (secondary N) is 1. The van der Waals surface area contributed by atoms with E-state index in [1.807, 2.05) is 42.7 Å². The average Bonchev–Trinajstić information content (AvgIpc) is 3.04. The van der Waals surface area contributed by atoms with Crippen LogP contribution in [0.4, 0.5) is 5.69 Å². The highest BCUT2D eigenvalue weighted by Gasteiger charge is 2.19. The molecule has 1 N–H and O–H groups in total. The second kappa shape index (κ2) is 9.53. The van der Waals surface area contributed by atoms with E-state index in [0.717, 1.165) is 22.5 Å². The Kier molecular flexibility index (Phi) is 6.81. The summed E-state index contributed by atoms with van der Waals surface area (Å²) in [5, 5.41) is 16.1. The molecule has 3 aromatic rings. The number of methoxy groups -OCH3 is 2. The van der Waals surface area contributed by atoms with E-state index in [4.69, 9.17) is 21.1 Å². The predicted octanol–water partition coefficient (Wildman–Crippen LogP) is 4.80. The lowest BCUT2D eigenvalue weighted by Crippen LogP contribution is -2.06. The number of aryl methyl sites for hydroxylation is 1. The number of hydrogen-bond donors (Lipinski definition) is 1. The fraction of sp³-hybridized carbons (Fsp3) is 0.227. The monoisotopic (exact) mass is 442 g/mol. The van der Waals surface area contributed by atoms with Crippen molar-refractivity contribution in [2.24, 2.45) is 5.10 Å². The lowest BCUT2D eigenvalue weighted by Gasteiger charge is -2.10. The SMILES string of the molecule is COc1ccc(CN/N=C\c2cc(C)n(-c3ccc(Cl)cc3[N+](=O)[O-])c2C)cc1OC. The maximum Gasteiger partial charge on any atom is 0.294 e. The molecule has 0 bridgehead atoms. The molecule has 0 atom stereocenters. The van der Waals surface area contributed by atoms with Gasteiger partial charge in [-0.2, -0.15) is 5.10 Å². The Hall–Kier alpha value is -3.52. The first-order chi connectivity index (χ1) is 14.8. The zero-order chi connectivity index (χ0) is 22.5. The summed E-state index contributed by atoms with van der Waals surface area (Å²) in [6.45, 7) is 4.28. The van der Waals surface area contributed by atoms with Crippen LogP contribution in [-0.2, 0) is 6.54 Å². The normalized spacial score (nSPS) is 11.0. The van der Waals surface area contributed by atoms with E-state index in [1.54, 1.807) is 32.6 Å². The van der Waals surface area contributed by atoms with Crippen molar-refractivity contribution in [2.45, 2.75) is 20.4 Å². The number of hydrogen-bond acceptors (Lipinski definition) is 6. The van der Waals surface area contributed by atoms with Crippen LogP contribution in [0, 0.1) is 24.0 Å². The lowest BCUT2D eigenvalue weighted by molar-refractivity contribution is -0.384. The van der Waals surface area contributed by atoms with Crippen LogP contribution in [0.5, 0.6) is 11.5 Å². The third-order valence-electron chi connectivity index (χ3n) is 4.87. The van der Waals surface area contributed by atoms with Crippen molar-refractivity contribution in [2.75, 3.05) is 14.2 Å². The fourth-order valence-electron chi connectivity index (χ4n) is 3.36. The Bertz CT molecular complexity index is 1140. The summed E-state index contributed by atoms with van der Waals surface area (Å²) >= 11 is 5.95. The van der Waals surface area contributed by atoms with E-state index in [2.05, 4.69) is 10.5 Å². The minimum Gasteiger partial charge on any atom is -0.493 e. The van der Waals surface area contributed by atoms with Gasteiger partial charge in [0.15, 0.2) is 11.5 Å². The van der Waals surface area contributed by atoms with Gasteiger partial charge in [-0.25, -0.2) is 0 Å². The molecule has 3 rings (SSSR count). The molecule has 0 spiro atoms. The highest BCUT2D eigenvalue weighted by molar-refractivity contribution is 6.30. The van der Waals surface area contributed by atoms with Crippen LogP contribution >= 0.6 is 11.6 Å². The van der Waals surface area contributed by atoms with Crippen molar-refractivity contribution in [3.8, 4) is 17.2 Å². The summed E-state index contributed by atoms with van der Waals surface area (Å²) in [6.07, 6.45) is 1.70. The zero-order valence-corrected chi connectivity index (χ0v) is 18.4. The molecule has 0 amide bonds. The van der Waals surface area contributed by atoms with Gasteiger partial charge in [-0.3, -0.25) is 10.1 Å². The number of nitrogens with zero attached hydrogens (tertiary/aromatic N) is 3. The number of ether oxygens (including phenoxy) is 2. The molecule has 2 aromatic carbocycles. The number of aromatic nitrogens is 1. The molecular formula is C22H23ClN4O4. The third kappa shape index (κ3) is 4.80. The molecule has 0 saturated heterocycles. The van der Waals surface area contributed by atoms with Gasteiger partial charge < -0.3 is 19.5 Å². The average molecular weight is 443 g/mol. The van der Waals surface area contributed by atoms with Gasteiger partial charge in [-0.05, 0) is 49.7 Å². The summed E-state index contributed by atoms with van der Waals surface area (Å²) in [5.41, 5.74) is 6.94. The standard InChI is InChI=1S/C22H23ClN4O4/c1-14-9-17(13-25-24-12-16-5-8-21(30-3)22(10-16)31-4)15(2)26(14)19-7-6-18(23)11-20(19)27(28)29/h5-11,13,24H,12H2,1-4H3/b25-13-. The summed E-state index contributed by atoms with van der Waals surface area (Å²) in [4.78, 5) is 11.1. The molecule has 1 heterocycles. The molecule has 0 fully saturated rings. The van der Waals surface area contributed by atoms with E-state index in [9.17, 15) is 10.1 Å². The molecule has 9 heteroatoms. The highest BCUT2D eigenvalue weighted by Crippen LogP contribution is 2.30. The Balaban J connectivity index is 1.79. The number of benzene rings is 2. The second-order valence-electron chi connectivity index (χ2n) is 6.83. The quantitative estimate of drug-likeness (QED) is 0.307. The van der Waals surface area contributed by atoms with E-state index >= 15 is 0 Å². The molecule has 1 aromatic heterocycles. The maximum absolute atomic E-state index is 11.5. The summed E-state index contributed by atoms with van der Waals surface area (Å²) in [6, 6.07) is 12.2. The summed E-state index contributed by atoms with van der Waals surface area (Å²) in [7, 11) is 3.18. The Morgan fingerprint density at radius 2 is 1.87 bits per heavy atom. The smallest absolute Gasteiger partial charge is 0.294 e. The largest absolute Gasteiger partial charge is 0.493 e. The first kappa shape index (κ1) is 22.2. The highest BCUT2D eigenvalue weighted by atomic mass is 35.5. The minimum atomic E-state index is -0.432. The van der Waals surface area contributed by atoms with E-state index in [0.29, 0.717) is 28.8 Å². The predicted molar refractivity (Wildman–Crippen MR) is 121 cm³/mol. The topological polar surface area (TPSA) is 90.9 Å². The van der Waals surface area contributed by atoms with Crippen LogP contribution < -0.4 is 14.9 Å². The van der Waals surface area contributed by atoms with Gasteiger partial charge in [0.1, 0.15) is 5.69 Å². The van der Waals surface area contributed by atoms with E-state index < -0.39 is 4.92 Å². The van der Waals surface area contributed by atoms with E-state index in [1.165, 1.54) is 6.07 Å². The van der Waals surface area contributed by atoms with Crippen LogP contribution in [-0.4, -0.2) is 29.9 Å². The van der Waals surface area contributed by atoms with Crippen molar-refractivity contribution in [3.63, 3.8) is 0 Å². The van der Waals surface area contributed by atoms with Gasteiger partial charge in [-0.15, -0.1) is 0 Å². The van der Waals surface area contributed by atoms with Crippen molar-refractivity contribution < 1.29 is 14.4 Å². The van der Waals surface area contributed by atoms with Crippen LogP contribution in [0.3, 0.4) is 0 Å². The fourth-order valence-corrected chi connectivity index (χ4v) is 3.53. The van der Waals surface area contributed by atoms with Gasteiger partial charge in [0.2, 0.25) is 0 Å². The number of nitro groups is 1. The van der Waals surface area contributed by atoms with Gasteiger partial charge >= 0.3 is 0 Å². The molecule has 8 nitrogen and oxygen atoms in total. The van der Waals surface area contributed by atoms with Crippen LogP contribution in [0.25, 0.3) is 5.69 Å².